The van der Waals surface area contributed by atoms with Crippen LogP contribution in [0, 0.1) is 0 Å². The topological polar surface area (TPSA) is 12.0 Å². The van der Waals surface area contributed by atoms with E-state index in [1.54, 1.807) is 16.7 Å². The number of hydrogen-bond donors (Lipinski definition) is 1. The number of fused-ring (bicyclic) bond motifs is 2. The van der Waals surface area contributed by atoms with E-state index in [1.165, 1.54) is 42.8 Å². The lowest BCUT2D eigenvalue weighted by molar-refractivity contribution is 0.540. The molecule has 1 aromatic carbocycles. The van der Waals surface area contributed by atoms with Gasteiger partial charge in [0.15, 0.2) is 0 Å². The third-order valence-corrected chi connectivity index (χ3v) is 5.00. The normalized spacial score (nSPS) is 23.7. The first-order valence-electron chi connectivity index (χ1n) is 6.34. The monoisotopic (exact) mass is 233 g/mol. The van der Waals surface area contributed by atoms with E-state index in [0.717, 1.165) is 0 Å². The van der Waals surface area contributed by atoms with Gasteiger partial charge < -0.3 is 5.32 Å². The van der Waals surface area contributed by atoms with Gasteiger partial charge in [-0.05, 0) is 67.7 Å². The molecule has 1 unspecified atom stereocenters. The van der Waals surface area contributed by atoms with Crippen molar-refractivity contribution in [3.8, 4) is 0 Å². The summed E-state index contributed by atoms with van der Waals surface area (Å²) in [4.78, 5) is 1.54. The molecule has 2 heteroatoms. The fourth-order valence-corrected chi connectivity index (χ4v) is 4.07. The number of nitrogens with one attached hydrogen (secondary N) is 1. The molecule has 2 aliphatic rings. The van der Waals surface area contributed by atoms with Crippen molar-refractivity contribution in [2.45, 2.75) is 43.0 Å². The summed E-state index contributed by atoms with van der Waals surface area (Å²) in [5, 5.41) is 3.48. The van der Waals surface area contributed by atoms with Crippen LogP contribution < -0.4 is 5.32 Å². The van der Waals surface area contributed by atoms with Crippen LogP contribution in [-0.2, 0) is 12.8 Å². The number of aryl methyl sites for hydroxylation is 2. The Labute approximate surface area is 102 Å². The van der Waals surface area contributed by atoms with Crippen LogP contribution in [0.5, 0.6) is 0 Å². The molecule has 16 heavy (non-hydrogen) atoms. The minimum absolute atomic E-state index is 0.580. The van der Waals surface area contributed by atoms with Crippen molar-refractivity contribution in [1.82, 2.24) is 5.32 Å². The highest BCUT2D eigenvalue weighted by atomic mass is 32.2. The van der Waals surface area contributed by atoms with Crippen molar-refractivity contribution < 1.29 is 0 Å². The molecule has 1 N–H and O–H groups in total. The molecule has 0 fully saturated rings. The Bertz CT molecular complexity index is 400. The second kappa shape index (κ2) is 4.42. The minimum Gasteiger partial charge on any atom is -0.313 e. The summed E-state index contributed by atoms with van der Waals surface area (Å²) in [6.45, 7) is 0. The molecule has 1 heterocycles. The van der Waals surface area contributed by atoms with Gasteiger partial charge in [-0.25, -0.2) is 0 Å². The first kappa shape index (κ1) is 10.7. The van der Waals surface area contributed by atoms with Crippen LogP contribution >= 0.6 is 11.8 Å². The van der Waals surface area contributed by atoms with Gasteiger partial charge in [0.1, 0.15) is 0 Å². The molecule has 0 saturated carbocycles. The zero-order valence-corrected chi connectivity index (χ0v) is 10.7. The van der Waals surface area contributed by atoms with Crippen molar-refractivity contribution in [1.29, 1.82) is 0 Å². The Hall–Kier alpha value is -0.470. The molecule has 0 spiro atoms. The fourth-order valence-electron chi connectivity index (χ4n) is 2.94. The van der Waals surface area contributed by atoms with Crippen LogP contribution in [0.15, 0.2) is 17.0 Å². The van der Waals surface area contributed by atoms with Gasteiger partial charge in [0.2, 0.25) is 0 Å². The largest absolute Gasteiger partial charge is 0.313 e. The zero-order chi connectivity index (χ0) is 11.0. The fraction of sp³-hybridized carbons (Fsp3) is 0.571. The number of rotatable bonds is 1. The predicted molar refractivity (Wildman–Crippen MR) is 70.2 cm³/mol. The summed E-state index contributed by atoms with van der Waals surface area (Å²) < 4.78 is 0. The number of benzene rings is 1. The highest BCUT2D eigenvalue weighted by Crippen LogP contribution is 2.38. The first-order chi connectivity index (χ1) is 7.88. The highest BCUT2D eigenvalue weighted by Gasteiger charge is 2.21. The summed E-state index contributed by atoms with van der Waals surface area (Å²) in [7, 11) is 2.09. The van der Waals surface area contributed by atoms with Crippen molar-refractivity contribution in [2.24, 2.45) is 0 Å². The summed E-state index contributed by atoms with van der Waals surface area (Å²) >= 11 is 2.05. The van der Waals surface area contributed by atoms with Gasteiger partial charge in [-0.3, -0.25) is 0 Å². The Morgan fingerprint density at radius 3 is 2.81 bits per heavy atom. The van der Waals surface area contributed by atoms with Gasteiger partial charge in [0.05, 0.1) is 0 Å². The zero-order valence-electron chi connectivity index (χ0n) is 9.88. The average molecular weight is 233 g/mol. The molecular formula is C14H19NS. The Morgan fingerprint density at radius 2 is 2.00 bits per heavy atom. The second-order valence-corrected chi connectivity index (χ2v) is 5.98. The van der Waals surface area contributed by atoms with Gasteiger partial charge in [-0.1, -0.05) is 6.07 Å². The van der Waals surface area contributed by atoms with E-state index >= 15 is 0 Å². The molecule has 1 aliphatic carbocycles. The van der Waals surface area contributed by atoms with Crippen molar-refractivity contribution in [3.05, 3.63) is 28.8 Å². The van der Waals surface area contributed by atoms with E-state index in [0.29, 0.717) is 6.04 Å². The molecule has 0 bridgehead atoms. The number of hydrogen-bond acceptors (Lipinski definition) is 2. The van der Waals surface area contributed by atoms with Crippen LogP contribution in [0.25, 0.3) is 0 Å². The number of thioether (sulfide) groups is 1. The standard InChI is InChI=1S/C14H19NS/c1-15-13-6-3-7-16-14-9-11-5-2-4-10(11)8-12(13)14/h8-9,13,15H,2-7H2,1H3. The first-order valence-corrected chi connectivity index (χ1v) is 7.33. The molecule has 1 nitrogen and oxygen atoms in total. The smallest absolute Gasteiger partial charge is 0.0329 e. The minimum atomic E-state index is 0.580. The molecule has 1 aromatic rings. The molecular weight excluding hydrogens is 214 g/mol. The van der Waals surface area contributed by atoms with Crippen LogP contribution in [0.1, 0.15) is 42.0 Å². The quantitative estimate of drug-likeness (QED) is 0.798. The van der Waals surface area contributed by atoms with E-state index in [4.69, 9.17) is 0 Å². The van der Waals surface area contributed by atoms with Crippen LogP contribution in [0.2, 0.25) is 0 Å². The molecule has 0 amide bonds. The van der Waals surface area contributed by atoms with Gasteiger partial charge >= 0.3 is 0 Å². The van der Waals surface area contributed by atoms with Crippen LogP contribution in [0.4, 0.5) is 0 Å². The Morgan fingerprint density at radius 1 is 1.19 bits per heavy atom. The van der Waals surface area contributed by atoms with E-state index in [1.807, 2.05) is 0 Å². The average Bonchev–Trinajstić information content (AvgIpc) is 2.66. The maximum atomic E-state index is 3.48. The second-order valence-electron chi connectivity index (χ2n) is 4.84. The lowest BCUT2D eigenvalue weighted by atomic mass is 9.98. The third-order valence-electron chi connectivity index (χ3n) is 3.84. The maximum Gasteiger partial charge on any atom is 0.0329 e. The summed E-state index contributed by atoms with van der Waals surface area (Å²) in [6, 6.07) is 5.53. The van der Waals surface area contributed by atoms with E-state index in [-0.39, 0.29) is 0 Å². The van der Waals surface area contributed by atoms with Gasteiger partial charge in [0.25, 0.3) is 0 Å². The summed E-state index contributed by atoms with van der Waals surface area (Å²) in [6.07, 6.45) is 6.56. The summed E-state index contributed by atoms with van der Waals surface area (Å²) in [5.41, 5.74) is 4.79. The van der Waals surface area contributed by atoms with Crippen LogP contribution in [0.3, 0.4) is 0 Å². The van der Waals surface area contributed by atoms with E-state index < -0.39 is 0 Å². The highest BCUT2D eigenvalue weighted by molar-refractivity contribution is 7.99. The van der Waals surface area contributed by atoms with Crippen molar-refractivity contribution in [3.63, 3.8) is 0 Å². The van der Waals surface area contributed by atoms with Crippen LogP contribution in [-0.4, -0.2) is 12.8 Å². The van der Waals surface area contributed by atoms with Crippen molar-refractivity contribution in [2.75, 3.05) is 12.8 Å². The molecule has 0 aromatic heterocycles. The SMILES string of the molecule is CNC1CCCSc2cc3c(cc21)CCC3. The molecule has 86 valence electrons. The Balaban J connectivity index is 2.06. The molecule has 1 aliphatic heterocycles. The molecule has 0 radical (unpaired) electrons. The van der Waals surface area contributed by atoms with E-state index in [9.17, 15) is 0 Å². The summed E-state index contributed by atoms with van der Waals surface area (Å²) in [5.74, 6) is 1.28. The predicted octanol–water partition coefficient (Wildman–Crippen LogP) is 3.32. The van der Waals surface area contributed by atoms with Gasteiger partial charge in [0, 0.05) is 10.9 Å². The molecule has 3 rings (SSSR count). The Kier molecular flexibility index (Phi) is 2.95. The van der Waals surface area contributed by atoms with E-state index in [2.05, 4.69) is 36.3 Å². The third kappa shape index (κ3) is 1.78. The lowest BCUT2D eigenvalue weighted by Gasteiger charge is -2.17. The maximum absolute atomic E-state index is 3.48. The molecule has 1 atom stereocenters. The van der Waals surface area contributed by atoms with Gasteiger partial charge in [-0.2, -0.15) is 0 Å². The van der Waals surface area contributed by atoms with Crippen molar-refractivity contribution >= 4 is 11.8 Å². The lowest BCUT2D eigenvalue weighted by Crippen LogP contribution is -2.16. The van der Waals surface area contributed by atoms with Gasteiger partial charge in [-0.15, -0.1) is 11.8 Å². The molecule has 0 saturated heterocycles.